The van der Waals surface area contributed by atoms with Gasteiger partial charge in [0, 0.05) is 0 Å². The molecule has 1 aliphatic rings. The molecule has 0 saturated heterocycles. The molecule has 1 saturated carbocycles. The summed E-state index contributed by atoms with van der Waals surface area (Å²) in [7, 11) is 0. The van der Waals surface area contributed by atoms with E-state index in [0.29, 0.717) is 19.0 Å². The third kappa shape index (κ3) is 4.64. The molecule has 0 spiro atoms. The molecule has 2 unspecified atom stereocenters. The van der Waals surface area contributed by atoms with E-state index in [1.54, 1.807) is 0 Å². The molecule has 0 bridgehead atoms. The van der Waals surface area contributed by atoms with Crippen LogP contribution in [-0.2, 0) is 0 Å². The van der Waals surface area contributed by atoms with Gasteiger partial charge in [0.05, 0.1) is 34.1 Å². The van der Waals surface area contributed by atoms with Crippen LogP contribution in [0.15, 0.2) is 15.0 Å². The van der Waals surface area contributed by atoms with Crippen LogP contribution in [0.1, 0.15) is 25.7 Å². The fourth-order valence-corrected chi connectivity index (χ4v) is 2.67. The van der Waals surface area contributed by atoms with E-state index >= 15 is 0 Å². The molecule has 0 radical (unpaired) electrons. The minimum Gasteiger partial charge on any atom is -0.232 e. The summed E-state index contributed by atoms with van der Waals surface area (Å²) >= 11 is 13.9. The van der Waals surface area contributed by atoms with Crippen LogP contribution in [0.4, 0.5) is 0 Å². The van der Waals surface area contributed by atoms with Crippen molar-refractivity contribution < 1.29 is 0 Å². The van der Waals surface area contributed by atoms with Crippen molar-refractivity contribution in [1.82, 2.24) is 0 Å². The highest BCUT2D eigenvalue weighted by Gasteiger charge is 2.35. The van der Waals surface area contributed by atoms with Gasteiger partial charge in [0.15, 0.2) is 0 Å². The van der Waals surface area contributed by atoms with E-state index in [9.17, 15) is 0 Å². The average molecular weight is 283 g/mol. The normalized spacial score (nSPS) is 27.2. The van der Waals surface area contributed by atoms with Crippen LogP contribution in [-0.4, -0.2) is 34.1 Å². The van der Waals surface area contributed by atoms with E-state index in [0.717, 1.165) is 25.7 Å². The van der Waals surface area contributed by atoms with Crippen LogP contribution in [0.25, 0.3) is 0 Å². The molecule has 90 valence electrons. The second kappa shape index (κ2) is 7.67. The van der Waals surface area contributed by atoms with Crippen molar-refractivity contribution in [2.75, 3.05) is 13.1 Å². The lowest BCUT2D eigenvalue weighted by Crippen LogP contribution is -2.37. The predicted octanol–water partition coefficient (Wildman–Crippen LogP) is 3.22. The van der Waals surface area contributed by atoms with Gasteiger partial charge in [-0.05, 0) is 61.8 Å². The Morgan fingerprint density at radius 1 is 1.12 bits per heavy atom. The maximum atomic E-state index is 4.72. The van der Waals surface area contributed by atoms with Crippen molar-refractivity contribution in [2.45, 2.75) is 31.2 Å². The SMILES string of the molecule is S=C=NCC1CCCC(CN=C=S)(N=C=S)C1. The highest BCUT2D eigenvalue weighted by Crippen LogP contribution is 2.35. The van der Waals surface area contributed by atoms with Gasteiger partial charge in [-0.3, -0.25) is 0 Å². The van der Waals surface area contributed by atoms with Crippen LogP contribution < -0.4 is 0 Å². The molecule has 0 aliphatic heterocycles. The lowest BCUT2D eigenvalue weighted by Gasteiger charge is -2.35. The summed E-state index contributed by atoms with van der Waals surface area (Å²) in [5, 5.41) is 7.28. The Labute approximate surface area is 117 Å². The first-order chi connectivity index (χ1) is 8.26. The lowest BCUT2D eigenvalue weighted by molar-refractivity contribution is 0.239. The molecule has 0 aromatic heterocycles. The summed E-state index contributed by atoms with van der Waals surface area (Å²) in [5.41, 5.74) is -0.256. The van der Waals surface area contributed by atoms with Crippen molar-refractivity contribution in [2.24, 2.45) is 20.9 Å². The van der Waals surface area contributed by atoms with Gasteiger partial charge in [0.1, 0.15) is 0 Å². The lowest BCUT2D eigenvalue weighted by atomic mass is 9.76. The minimum absolute atomic E-state index is 0.256. The van der Waals surface area contributed by atoms with E-state index in [2.05, 4.69) is 54.9 Å². The van der Waals surface area contributed by atoms with Crippen molar-refractivity contribution in [3.63, 3.8) is 0 Å². The van der Waals surface area contributed by atoms with E-state index in [4.69, 9.17) is 12.2 Å². The molecule has 0 aromatic rings. The fraction of sp³-hybridized carbons (Fsp3) is 0.727. The Hall–Kier alpha value is -0.600. The molecule has 3 nitrogen and oxygen atoms in total. The maximum Gasteiger partial charge on any atom is 0.0916 e. The first-order valence-corrected chi connectivity index (χ1v) is 6.65. The van der Waals surface area contributed by atoms with Crippen LogP contribution in [0.5, 0.6) is 0 Å². The van der Waals surface area contributed by atoms with Gasteiger partial charge < -0.3 is 0 Å². The molecule has 1 rings (SSSR count). The minimum atomic E-state index is -0.256. The highest BCUT2D eigenvalue weighted by molar-refractivity contribution is 7.78. The molecule has 0 heterocycles. The topological polar surface area (TPSA) is 37.1 Å². The number of isothiocyanates is 3. The predicted molar refractivity (Wildman–Crippen MR) is 79.5 cm³/mol. The zero-order valence-corrected chi connectivity index (χ0v) is 11.8. The summed E-state index contributed by atoms with van der Waals surface area (Å²) < 4.78 is 0. The van der Waals surface area contributed by atoms with Crippen LogP contribution >= 0.6 is 36.7 Å². The second-order valence-electron chi connectivity index (χ2n) is 4.23. The summed E-state index contributed by atoms with van der Waals surface area (Å²) in [5.74, 6) is 0.464. The van der Waals surface area contributed by atoms with Gasteiger partial charge in [-0.15, -0.1) is 0 Å². The molecule has 6 heteroatoms. The van der Waals surface area contributed by atoms with E-state index < -0.39 is 0 Å². The van der Waals surface area contributed by atoms with Gasteiger partial charge >= 0.3 is 0 Å². The van der Waals surface area contributed by atoms with Gasteiger partial charge in [0.2, 0.25) is 0 Å². The van der Waals surface area contributed by atoms with E-state index in [1.165, 1.54) is 0 Å². The number of hydrogen-bond acceptors (Lipinski definition) is 6. The quantitative estimate of drug-likeness (QED) is 0.574. The number of rotatable bonds is 5. The highest BCUT2D eigenvalue weighted by atomic mass is 32.1. The van der Waals surface area contributed by atoms with Crippen LogP contribution in [0.2, 0.25) is 0 Å². The molecule has 1 fully saturated rings. The average Bonchev–Trinajstić information content (AvgIpc) is 2.35. The first-order valence-electron chi connectivity index (χ1n) is 5.42. The summed E-state index contributed by atoms with van der Waals surface area (Å²) in [4.78, 5) is 12.3. The van der Waals surface area contributed by atoms with Crippen molar-refractivity contribution in [3.05, 3.63) is 0 Å². The van der Waals surface area contributed by atoms with Crippen molar-refractivity contribution in [3.8, 4) is 0 Å². The van der Waals surface area contributed by atoms with Gasteiger partial charge in [0.25, 0.3) is 0 Å². The van der Waals surface area contributed by atoms with Crippen LogP contribution in [0, 0.1) is 5.92 Å². The molecule has 0 aromatic carbocycles. The van der Waals surface area contributed by atoms with Gasteiger partial charge in [-0.25, -0.2) is 15.0 Å². The number of hydrogen-bond donors (Lipinski definition) is 0. The zero-order chi connectivity index (χ0) is 12.6. The Morgan fingerprint density at radius 3 is 2.53 bits per heavy atom. The third-order valence-corrected chi connectivity index (χ3v) is 3.41. The summed E-state index contributed by atoms with van der Waals surface area (Å²) in [6.45, 7) is 1.25. The van der Waals surface area contributed by atoms with Gasteiger partial charge in [-0.2, -0.15) is 0 Å². The number of aliphatic imine (C=N–C) groups is 3. The molecule has 0 amide bonds. The zero-order valence-electron chi connectivity index (χ0n) is 9.39. The second-order valence-corrected chi connectivity index (χ2v) is 4.78. The Bertz CT molecular complexity index is 404. The first kappa shape index (κ1) is 14.5. The Kier molecular flexibility index (Phi) is 6.53. The van der Waals surface area contributed by atoms with E-state index in [1.807, 2.05) is 0 Å². The standard InChI is InChI=1S/C11H13N3S3/c15-7-12-5-10-2-1-3-11(4-10,14-9-17)6-13-8-16/h10H,1-6H2. The molecule has 17 heavy (non-hydrogen) atoms. The third-order valence-electron chi connectivity index (χ3n) is 3.06. The monoisotopic (exact) mass is 283 g/mol. The fourth-order valence-electron chi connectivity index (χ4n) is 2.34. The maximum absolute atomic E-state index is 4.72. The van der Waals surface area contributed by atoms with E-state index in [-0.39, 0.29) is 5.54 Å². The van der Waals surface area contributed by atoms with Crippen molar-refractivity contribution in [1.29, 1.82) is 0 Å². The molecular weight excluding hydrogens is 270 g/mol. The molecule has 1 aliphatic carbocycles. The molecule has 0 N–H and O–H groups in total. The van der Waals surface area contributed by atoms with Gasteiger partial charge in [-0.1, -0.05) is 6.42 Å². The number of nitrogens with zero attached hydrogens (tertiary/aromatic N) is 3. The summed E-state index contributed by atoms with van der Waals surface area (Å²) in [6, 6.07) is 0. The Balaban J connectivity index is 2.78. The van der Waals surface area contributed by atoms with Crippen LogP contribution in [0.3, 0.4) is 0 Å². The molecule has 2 atom stereocenters. The number of thiocarbonyl (C=S) groups is 3. The largest absolute Gasteiger partial charge is 0.232 e. The Morgan fingerprint density at radius 2 is 1.88 bits per heavy atom. The molecular formula is C11H13N3S3. The van der Waals surface area contributed by atoms with Crippen molar-refractivity contribution >= 4 is 52.1 Å². The smallest absolute Gasteiger partial charge is 0.0916 e. The summed E-state index contributed by atoms with van der Waals surface area (Å²) in [6.07, 6.45) is 4.09.